The first-order chi connectivity index (χ1) is 11.5. The van der Waals surface area contributed by atoms with Crippen molar-refractivity contribution < 1.29 is 4.79 Å². The van der Waals surface area contributed by atoms with Crippen LogP contribution in [0.3, 0.4) is 0 Å². The van der Waals surface area contributed by atoms with E-state index in [1.54, 1.807) is 4.68 Å². The average molecular weight is 327 g/mol. The fraction of sp³-hybridized carbons (Fsp3) is 0.444. The van der Waals surface area contributed by atoms with Crippen molar-refractivity contribution in [3.05, 3.63) is 53.3 Å². The quantitative estimate of drug-likeness (QED) is 0.865. The van der Waals surface area contributed by atoms with Crippen molar-refractivity contribution in [1.29, 1.82) is 0 Å². The highest BCUT2D eigenvalue weighted by Crippen LogP contribution is 2.21. The van der Waals surface area contributed by atoms with Gasteiger partial charge in [-0.2, -0.15) is 5.10 Å². The Bertz CT molecular complexity index is 684. The second-order valence-electron chi connectivity index (χ2n) is 6.64. The summed E-state index contributed by atoms with van der Waals surface area (Å²) >= 11 is 0. The third-order valence-electron chi connectivity index (χ3n) is 4.50. The number of benzene rings is 1. The number of carbonyl (C=O) groups excluding carboxylic acids is 1. The van der Waals surface area contributed by atoms with Gasteiger partial charge in [-0.25, -0.2) is 0 Å². The Morgan fingerprint density at radius 3 is 2.50 bits per heavy atom. The van der Waals surface area contributed by atoms with Gasteiger partial charge in [-0.15, -0.1) is 0 Å². The van der Waals surface area contributed by atoms with E-state index in [0.717, 1.165) is 18.7 Å². The molecule has 1 N–H and O–H groups in total. The summed E-state index contributed by atoms with van der Waals surface area (Å²) in [7, 11) is 5.93. The molecule has 0 saturated carbocycles. The maximum atomic E-state index is 12.3. The van der Waals surface area contributed by atoms with Crippen LogP contribution in [0.1, 0.15) is 22.7 Å². The molecule has 1 aliphatic heterocycles. The van der Waals surface area contributed by atoms with Crippen LogP contribution in [0, 0.1) is 0 Å². The van der Waals surface area contributed by atoms with Crippen LogP contribution in [0.25, 0.3) is 0 Å². The zero-order valence-electron chi connectivity index (χ0n) is 14.6. The summed E-state index contributed by atoms with van der Waals surface area (Å²) in [5, 5.41) is 7.29. The van der Waals surface area contributed by atoms with Gasteiger partial charge in [0.05, 0.1) is 18.8 Å². The molecule has 3 rings (SSSR count). The van der Waals surface area contributed by atoms with Crippen LogP contribution < -0.4 is 5.32 Å². The SMILES string of the molecule is CN(C)[C@@H](CNC(=O)CN1Cc2ccccc2C1)c1cnn(C)c1. The Kier molecular flexibility index (Phi) is 4.97. The number of aryl methyl sites for hydroxylation is 1. The molecule has 24 heavy (non-hydrogen) atoms. The van der Waals surface area contributed by atoms with E-state index in [1.165, 1.54) is 11.1 Å². The van der Waals surface area contributed by atoms with Gasteiger partial charge in [-0.1, -0.05) is 24.3 Å². The van der Waals surface area contributed by atoms with Gasteiger partial charge in [0.25, 0.3) is 0 Å². The van der Waals surface area contributed by atoms with E-state index in [-0.39, 0.29) is 11.9 Å². The predicted molar refractivity (Wildman–Crippen MR) is 93.2 cm³/mol. The molecule has 0 fully saturated rings. The van der Waals surface area contributed by atoms with Crippen LogP contribution in [0.5, 0.6) is 0 Å². The first-order valence-corrected chi connectivity index (χ1v) is 8.23. The van der Waals surface area contributed by atoms with Gasteiger partial charge >= 0.3 is 0 Å². The Morgan fingerprint density at radius 2 is 1.96 bits per heavy atom. The minimum absolute atomic E-state index is 0.0681. The third-order valence-corrected chi connectivity index (χ3v) is 4.50. The van der Waals surface area contributed by atoms with Crippen molar-refractivity contribution in [3.63, 3.8) is 0 Å². The average Bonchev–Trinajstić information content (AvgIpc) is 3.12. The second-order valence-corrected chi connectivity index (χ2v) is 6.64. The van der Waals surface area contributed by atoms with E-state index < -0.39 is 0 Å². The van der Waals surface area contributed by atoms with Crippen LogP contribution in [-0.2, 0) is 24.9 Å². The molecule has 1 aromatic heterocycles. The number of likely N-dealkylation sites (N-methyl/N-ethyl adjacent to an activating group) is 1. The summed E-state index contributed by atoms with van der Waals surface area (Å²) in [5.74, 6) is 0.0681. The predicted octanol–water partition coefficient (Wildman–Crippen LogP) is 1.15. The lowest BCUT2D eigenvalue weighted by Gasteiger charge is -2.24. The second kappa shape index (κ2) is 7.15. The maximum Gasteiger partial charge on any atom is 0.234 e. The minimum Gasteiger partial charge on any atom is -0.353 e. The molecule has 1 aromatic carbocycles. The minimum atomic E-state index is 0.0681. The van der Waals surface area contributed by atoms with Gasteiger partial charge in [-0.3, -0.25) is 14.4 Å². The maximum absolute atomic E-state index is 12.3. The molecule has 0 spiro atoms. The molecule has 1 atom stereocenters. The van der Waals surface area contributed by atoms with Gasteiger partial charge < -0.3 is 10.2 Å². The normalized spacial score (nSPS) is 15.5. The fourth-order valence-electron chi connectivity index (χ4n) is 3.20. The molecule has 6 heteroatoms. The largest absolute Gasteiger partial charge is 0.353 e. The molecular weight excluding hydrogens is 302 g/mol. The van der Waals surface area contributed by atoms with Crippen LogP contribution in [0.2, 0.25) is 0 Å². The Morgan fingerprint density at radius 1 is 1.29 bits per heavy atom. The van der Waals surface area contributed by atoms with Crippen LogP contribution in [0.4, 0.5) is 0 Å². The molecule has 0 unspecified atom stereocenters. The monoisotopic (exact) mass is 327 g/mol. The van der Waals surface area contributed by atoms with Crippen LogP contribution in [0.15, 0.2) is 36.7 Å². The molecule has 6 nitrogen and oxygen atoms in total. The number of fused-ring (bicyclic) bond motifs is 1. The topological polar surface area (TPSA) is 53.4 Å². The standard InChI is InChI=1S/C18H25N5O/c1-21(2)17(16-8-20-22(3)10-16)9-19-18(24)13-23-11-14-6-4-5-7-15(14)12-23/h4-8,10,17H,9,11-13H2,1-3H3,(H,19,24)/t17-/m0/s1. The van der Waals surface area contributed by atoms with Crippen molar-refractivity contribution in [2.45, 2.75) is 19.1 Å². The molecule has 1 aliphatic rings. The number of amides is 1. The molecule has 1 amide bonds. The van der Waals surface area contributed by atoms with Gasteiger partial charge in [0.1, 0.15) is 0 Å². The zero-order chi connectivity index (χ0) is 17.1. The smallest absolute Gasteiger partial charge is 0.234 e. The highest BCUT2D eigenvalue weighted by molar-refractivity contribution is 5.78. The van der Waals surface area contributed by atoms with E-state index >= 15 is 0 Å². The molecular formula is C18H25N5O. The van der Waals surface area contributed by atoms with E-state index in [2.05, 4.69) is 44.5 Å². The van der Waals surface area contributed by atoms with Gasteiger partial charge in [0.15, 0.2) is 0 Å². The Balaban J connectivity index is 1.52. The molecule has 2 aromatic rings. The summed E-state index contributed by atoms with van der Waals surface area (Å²) in [6.45, 7) is 2.72. The van der Waals surface area contributed by atoms with Crippen LogP contribution >= 0.6 is 0 Å². The number of hydrogen-bond donors (Lipinski definition) is 1. The van der Waals surface area contributed by atoms with Gasteiger partial charge in [-0.05, 0) is 25.2 Å². The number of nitrogens with zero attached hydrogens (tertiary/aromatic N) is 4. The van der Waals surface area contributed by atoms with Crippen molar-refractivity contribution in [2.75, 3.05) is 27.2 Å². The highest BCUT2D eigenvalue weighted by atomic mass is 16.2. The lowest BCUT2D eigenvalue weighted by atomic mass is 10.1. The number of aromatic nitrogens is 2. The van der Waals surface area contributed by atoms with E-state index in [0.29, 0.717) is 13.1 Å². The Hall–Kier alpha value is -2.18. The summed E-state index contributed by atoms with van der Waals surface area (Å²) < 4.78 is 1.79. The molecule has 0 aliphatic carbocycles. The first-order valence-electron chi connectivity index (χ1n) is 8.23. The molecule has 128 valence electrons. The number of hydrogen-bond acceptors (Lipinski definition) is 4. The van der Waals surface area contributed by atoms with Crippen molar-refractivity contribution in [1.82, 2.24) is 24.9 Å². The van der Waals surface area contributed by atoms with Gasteiger partial charge in [0.2, 0.25) is 5.91 Å². The van der Waals surface area contributed by atoms with Gasteiger partial charge in [0, 0.05) is 38.4 Å². The fourth-order valence-corrected chi connectivity index (χ4v) is 3.20. The number of rotatable bonds is 6. The van der Waals surface area contributed by atoms with Crippen molar-refractivity contribution >= 4 is 5.91 Å². The van der Waals surface area contributed by atoms with Crippen LogP contribution in [-0.4, -0.2) is 52.7 Å². The summed E-state index contributed by atoms with van der Waals surface area (Å²) in [4.78, 5) is 16.6. The molecule has 2 heterocycles. The Labute approximate surface area is 143 Å². The number of nitrogens with one attached hydrogen (secondary N) is 1. The lowest BCUT2D eigenvalue weighted by molar-refractivity contribution is -0.122. The molecule has 0 saturated heterocycles. The molecule has 0 bridgehead atoms. The zero-order valence-corrected chi connectivity index (χ0v) is 14.6. The van der Waals surface area contributed by atoms with E-state index in [1.807, 2.05) is 33.5 Å². The van der Waals surface area contributed by atoms with Crippen molar-refractivity contribution in [3.8, 4) is 0 Å². The number of carbonyl (C=O) groups is 1. The lowest BCUT2D eigenvalue weighted by Crippen LogP contribution is -2.39. The third kappa shape index (κ3) is 3.83. The van der Waals surface area contributed by atoms with Crippen molar-refractivity contribution in [2.24, 2.45) is 7.05 Å². The highest BCUT2D eigenvalue weighted by Gasteiger charge is 2.21. The summed E-state index contributed by atoms with van der Waals surface area (Å²) in [6, 6.07) is 8.50. The van der Waals surface area contributed by atoms with E-state index in [9.17, 15) is 4.79 Å². The summed E-state index contributed by atoms with van der Waals surface area (Å²) in [5.41, 5.74) is 3.76. The first kappa shape index (κ1) is 16.7. The van der Waals surface area contributed by atoms with E-state index in [4.69, 9.17) is 0 Å². The molecule has 0 radical (unpaired) electrons. The summed E-state index contributed by atoms with van der Waals surface area (Å²) in [6.07, 6.45) is 3.85.